The van der Waals surface area contributed by atoms with Gasteiger partial charge in [0.2, 0.25) is 0 Å². The SMILES string of the molecule is CC1CCN(Cc2cccc(C(F)(F)F)c2)C1C(=O)O. The van der Waals surface area contributed by atoms with Crippen LogP contribution < -0.4 is 0 Å². The zero-order chi connectivity index (χ0) is 14.9. The third-order valence-corrected chi connectivity index (χ3v) is 3.70. The first kappa shape index (κ1) is 14.8. The van der Waals surface area contributed by atoms with Crippen LogP contribution in [0.25, 0.3) is 0 Å². The van der Waals surface area contributed by atoms with E-state index in [-0.39, 0.29) is 12.5 Å². The molecule has 0 spiro atoms. The monoisotopic (exact) mass is 287 g/mol. The van der Waals surface area contributed by atoms with Crippen LogP contribution in [-0.4, -0.2) is 28.6 Å². The van der Waals surface area contributed by atoms with E-state index in [9.17, 15) is 23.1 Å². The first-order valence-electron chi connectivity index (χ1n) is 6.42. The molecule has 20 heavy (non-hydrogen) atoms. The van der Waals surface area contributed by atoms with E-state index >= 15 is 0 Å². The molecule has 1 N–H and O–H groups in total. The first-order valence-corrected chi connectivity index (χ1v) is 6.42. The number of carboxylic acid groups (broad SMARTS) is 1. The predicted octanol–water partition coefficient (Wildman–Crippen LogP) is 3.00. The van der Waals surface area contributed by atoms with Crippen LogP contribution in [0.5, 0.6) is 0 Å². The van der Waals surface area contributed by atoms with Gasteiger partial charge in [-0.1, -0.05) is 25.1 Å². The molecule has 0 bridgehead atoms. The number of carboxylic acids is 1. The van der Waals surface area contributed by atoms with Gasteiger partial charge in [0.25, 0.3) is 0 Å². The van der Waals surface area contributed by atoms with Gasteiger partial charge in [-0.2, -0.15) is 13.2 Å². The Balaban J connectivity index is 2.16. The van der Waals surface area contributed by atoms with Crippen molar-refractivity contribution in [1.82, 2.24) is 4.90 Å². The smallest absolute Gasteiger partial charge is 0.416 e. The van der Waals surface area contributed by atoms with Crippen molar-refractivity contribution in [2.45, 2.75) is 32.1 Å². The van der Waals surface area contributed by atoms with Crippen molar-refractivity contribution >= 4 is 5.97 Å². The normalized spacial score (nSPS) is 24.0. The van der Waals surface area contributed by atoms with Crippen molar-refractivity contribution < 1.29 is 23.1 Å². The van der Waals surface area contributed by atoms with E-state index in [1.54, 1.807) is 11.0 Å². The van der Waals surface area contributed by atoms with E-state index in [4.69, 9.17) is 0 Å². The Kier molecular flexibility index (Phi) is 4.04. The molecule has 1 aromatic rings. The largest absolute Gasteiger partial charge is 0.480 e. The first-order chi connectivity index (χ1) is 9.29. The molecule has 0 saturated carbocycles. The van der Waals surface area contributed by atoms with E-state index in [2.05, 4.69) is 0 Å². The van der Waals surface area contributed by atoms with Crippen LogP contribution >= 0.6 is 0 Å². The Hall–Kier alpha value is -1.56. The molecule has 3 nitrogen and oxygen atoms in total. The van der Waals surface area contributed by atoms with Crippen LogP contribution in [0.4, 0.5) is 13.2 Å². The van der Waals surface area contributed by atoms with E-state index in [1.165, 1.54) is 6.07 Å². The summed E-state index contributed by atoms with van der Waals surface area (Å²) in [6.45, 7) is 2.67. The highest BCUT2D eigenvalue weighted by Gasteiger charge is 2.37. The highest BCUT2D eigenvalue weighted by atomic mass is 19.4. The number of hydrogen-bond donors (Lipinski definition) is 1. The summed E-state index contributed by atoms with van der Waals surface area (Å²) in [5, 5.41) is 9.19. The average Bonchev–Trinajstić information content (AvgIpc) is 2.69. The Morgan fingerprint density at radius 2 is 2.15 bits per heavy atom. The van der Waals surface area contributed by atoms with Crippen molar-refractivity contribution in [3.63, 3.8) is 0 Å². The quantitative estimate of drug-likeness (QED) is 0.929. The molecule has 6 heteroatoms. The lowest BCUT2D eigenvalue weighted by Crippen LogP contribution is -2.38. The maximum atomic E-state index is 12.6. The Morgan fingerprint density at radius 3 is 2.75 bits per heavy atom. The molecule has 0 aliphatic carbocycles. The van der Waals surface area contributed by atoms with Gasteiger partial charge in [0, 0.05) is 6.54 Å². The van der Waals surface area contributed by atoms with Crippen LogP contribution in [-0.2, 0) is 17.5 Å². The third kappa shape index (κ3) is 3.12. The molecule has 0 amide bonds. The van der Waals surface area contributed by atoms with Crippen molar-refractivity contribution in [3.05, 3.63) is 35.4 Å². The van der Waals surface area contributed by atoms with Crippen molar-refractivity contribution in [2.75, 3.05) is 6.54 Å². The van der Waals surface area contributed by atoms with Crippen molar-refractivity contribution in [2.24, 2.45) is 5.92 Å². The second kappa shape index (κ2) is 5.44. The lowest BCUT2D eigenvalue weighted by molar-refractivity contribution is -0.143. The lowest BCUT2D eigenvalue weighted by atomic mass is 10.0. The fraction of sp³-hybridized carbons (Fsp3) is 0.500. The highest BCUT2D eigenvalue weighted by Crippen LogP contribution is 2.31. The molecule has 1 aromatic carbocycles. The molecule has 0 radical (unpaired) electrons. The van der Waals surface area contributed by atoms with E-state index in [0.29, 0.717) is 12.1 Å². The predicted molar refractivity (Wildman–Crippen MR) is 67.1 cm³/mol. The third-order valence-electron chi connectivity index (χ3n) is 3.70. The van der Waals surface area contributed by atoms with Gasteiger partial charge < -0.3 is 5.11 Å². The van der Waals surface area contributed by atoms with Crippen LogP contribution in [0.1, 0.15) is 24.5 Å². The molecular weight excluding hydrogens is 271 g/mol. The molecule has 1 aliphatic rings. The van der Waals surface area contributed by atoms with E-state index in [0.717, 1.165) is 18.6 Å². The van der Waals surface area contributed by atoms with Gasteiger partial charge in [0.15, 0.2) is 0 Å². The molecule has 1 heterocycles. The van der Waals surface area contributed by atoms with Crippen molar-refractivity contribution in [1.29, 1.82) is 0 Å². The lowest BCUT2D eigenvalue weighted by Gasteiger charge is -2.23. The molecule has 1 aliphatic heterocycles. The fourth-order valence-electron chi connectivity index (χ4n) is 2.68. The maximum Gasteiger partial charge on any atom is 0.416 e. The van der Waals surface area contributed by atoms with Gasteiger partial charge in [-0.3, -0.25) is 9.69 Å². The van der Waals surface area contributed by atoms with Gasteiger partial charge in [-0.25, -0.2) is 0 Å². The summed E-state index contributed by atoms with van der Waals surface area (Å²) in [6.07, 6.45) is -3.63. The highest BCUT2D eigenvalue weighted by molar-refractivity contribution is 5.74. The van der Waals surface area contributed by atoms with Crippen LogP contribution in [0.15, 0.2) is 24.3 Å². The summed E-state index contributed by atoms with van der Waals surface area (Å²) < 4.78 is 37.9. The summed E-state index contributed by atoms with van der Waals surface area (Å²) in [5.41, 5.74) is -0.214. The molecule has 0 aromatic heterocycles. The minimum atomic E-state index is -4.37. The summed E-state index contributed by atoms with van der Waals surface area (Å²) in [5.74, 6) is -0.903. The van der Waals surface area contributed by atoms with Gasteiger partial charge in [-0.05, 0) is 30.5 Å². The fourth-order valence-corrected chi connectivity index (χ4v) is 2.68. The number of aliphatic carboxylic acids is 1. The van der Waals surface area contributed by atoms with Gasteiger partial charge in [-0.15, -0.1) is 0 Å². The number of likely N-dealkylation sites (tertiary alicyclic amines) is 1. The number of nitrogens with zero attached hydrogens (tertiary/aromatic N) is 1. The Bertz CT molecular complexity index is 501. The zero-order valence-corrected chi connectivity index (χ0v) is 11.0. The summed E-state index contributed by atoms with van der Waals surface area (Å²) in [7, 11) is 0. The summed E-state index contributed by atoms with van der Waals surface area (Å²) >= 11 is 0. The van der Waals surface area contributed by atoms with Crippen molar-refractivity contribution in [3.8, 4) is 0 Å². The maximum absolute atomic E-state index is 12.6. The van der Waals surface area contributed by atoms with Crippen LogP contribution in [0, 0.1) is 5.92 Å². The minimum Gasteiger partial charge on any atom is -0.480 e. The Labute approximate surface area is 115 Å². The van der Waals surface area contributed by atoms with Gasteiger partial charge in [0.05, 0.1) is 5.56 Å². The molecule has 110 valence electrons. The molecule has 1 fully saturated rings. The van der Waals surface area contributed by atoms with E-state index in [1.807, 2.05) is 6.92 Å². The number of hydrogen-bond acceptors (Lipinski definition) is 2. The van der Waals surface area contributed by atoms with E-state index < -0.39 is 23.8 Å². The zero-order valence-electron chi connectivity index (χ0n) is 11.0. The number of halogens is 3. The summed E-state index contributed by atoms with van der Waals surface area (Å²) in [4.78, 5) is 12.9. The van der Waals surface area contributed by atoms with Gasteiger partial charge >= 0.3 is 12.1 Å². The number of carbonyl (C=O) groups is 1. The number of rotatable bonds is 3. The standard InChI is InChI=1S/C14H16F3NO2/c1-9-5-6-18(12(9)13(19)20)8-10-3-2-4-11(7-10)14(15,16)17/h2-4,7,9,12H,5-6,8H2,1H3,(H,19,20). The Morgan fingerprint density at radius 1 is 1.45 bits per heavy atom. The summed E-state index contributed by atoms with van der Waals surface area (Å²) in [6, 6.07) is 4.43. The second-order valence-electron chi connectivity index (χ2n) is 5.22. The number of alkyl halides is 3. The van der Waals surface area contributed by atoms with Gasteiger partial charge in [0.1, 0.15) is 6.04 Å². The number of benzene rings is 1. The molecule has 2 atom stereocenters. The molecular formula is C14H16F3NO2. The average molecular weight is 287 g/mol. The molecule has 2 rings (SSSR count). The molecule has 1 saturated heterocycles. The van der Waals surface area contributed by atoms with Crippen LogP contribution in [0.2, 0.25) is 0 Å². The topological polar surface area (TPSA) is 40.5 Å². The van der Waals surface area contributed by atoms with Crippen LogP contribution in [0.3, 0.4) is 0 Å². The second-order valence-corrected chi connectivity index (χ2v) is 5.22. The molecule has 2 unspecified atom stereocenters. The minimum absolute atomic E-state index is 0.0123.